The molecule has 2 atom stereocenters. The Hall–Kier alpha value is -0.530. The molecule has 2 fully saturated rings. The van der Waals surface area contributed by atoms with Crippen LogP contribution in [0.5, 0.6) is 0 Å². The van der Waals surface area contributed by atoms with E-state index in [1.165, 1.54) is 25.7 Å². The molecule has 0 radical (unpaired) electrons. The number of carbonyl (C=O) groups excluding carboxylic acids is 1. The van der Waals surface area contributed by atoms with Gasteiger partial charge < -0.3 is 4.90 Å². The predicted molar refractivity (Wildman–Crippen MR) is 61.5 cm³/mol. The van der Waals surface area contributed by atoms with Crippen molar-refractivity contribution in [3.8, 4) is 0 Å². The molecule has 2 heterocycles. The van der Waals surface area contributed by atoms with Crippen LogP contribution in [0.3, 0.4) is 0 Å². The van der Waals surface area contributed by atoms with Gasteiger partial charge in [-0.05, 0) is 37.0 Å². The van der Waals surface area contributed by atoms with Gasteiger partial charge in [0.2, 0.25) is 5.91 Å². The van der Waals surface area contributed by atoms with Crippen molar-refractivity contribution in [1.82, 2.24) is 4.90 Å². The van der Waals surface area contributed by atoms with Crippen LogP contribution in [0, 0.1) is 11.3 Å². The summed E-state index contributed by atoms with van der Waals surface area (Å²) in [6.45, 7) is 7.85. The van der Waals surface area contributed by atoms with Crippen LogP contribution in [0.15, 0.2) is 0 Å². The highest BCUT2D eigenvalue weighted by Crippen LogP contribution is 2.37. The second-order valence-electron chi connectivity index (χ2n) is 6.45. The van der Waals surface area contributed by atoms with Crippen LogP contribution < -0.4 is 0 Å². The summed E-state index contributed by atoms with van der Waals surface area (Å²) in [6.07, 6.45) is 5.71. The van der Waals surface area contributed by atoms with Gasteiger partial charge in [-0.3, -0.25) is 4.79 Å². The lowest BCUT2D eigenvalue weighted by molar-refractivity contribution is -0.136. The highest BCUT2D eigenvalue weighted by molar-refractivity contribution is 5.78. The average Bonchev–Trinajstić information content (AvgIpc) is 2.48. The Morgan fingerprint density at radius 1 is 1.40 bits per heavy atom. The third kappa shape index (κ3) is 2.53. The van der Waals surface area contributed by atoms with Crippen molar-refractivity contribution in [1.29, 1.82) is 0 Å². The highest BCUT2D eigenvalue weighted by atomic mass is 16.2. The fourth-order valence-corrected chi connectivity index (χ4v) is 3.26. The lowest BCUT2D eigenvalue weighted by Crippen LogP contribution is -2.43. The van der Waals surface area contributed by atoms with Gasteiger partial charge in [0.1, 0.15) is 0 Å². The Balaban J connectivity index is 1.97. The van der Waals surface area contributed by atoms with Crippen molar-refractivity contribution >= 4 is 5.91 Å². The maximum absolute atomic E-state index is 11.9. The summed E-state index contributed by atoms with van der Waals surface area (Å²) >= 11 is 0. The zero-order valence-corrected chi connectivity index (χ0v) is 10.3. The Bertz CT molecular complexity index is 254. The molecule has 2 unspecified atom stereocenters. The maximum Gasteiger partial charge on any atom is 0.223 e. The molecule has 0 aliphatic carbocycles. The van der Waals surface area contributed by atoms with Crippen LogP contribution >= 0.6 is 0 Å². The van der Waals surface area contributed by atoms with Gasteiger partial charge in [0.15, 0.2) is 0 Å². The molecule has 0 aromatic carbocycles. The number of rotatable bonds is 1. The summed E-state index contributed by atoms with van der Waals surface area (Å²) in [5.41, 5.74) is 0.367. The SMILES string of the molecule is CC(C)(C)CC1CC(=O)N2CCCC2C1. The van der Waals surface area contributed by atoms with E-state index in [9.17, 15) is 4.79 Å². The van der Waals surface area contributed by atoms with E-state index in [2.05, 4.69) is 25.7 Å². The summed E-state index contributed by atoms with van der Waals surface area (Å²) in [7, 11) is 0. The van der Waals surface area contributed by atoms with Gasteiger partial charge in [0, 0.05) is 19.0 Å². The summed E-state index contributed by atoms with van der Waals surface area (Å²) in [5, 5.41) is 0. The number of nitrogens with zero attached hydrogens (tertiary/aromatic N) is 1. The van der Waals surface area contributed by atoms with Crippen molar-refractivity contribution in [2.75, 3.05) is 6.54 Å². The van der Waals surface area contributed by atoms with Gasteiger partial charge in [0.25, 0.3) is 0 Å². The van der Waals surface area contributed by atoms with E-state index in [4.69, 9.17) is 0 Å². The number of amides is 1. The average molecular weight is 209 g/mol. The Morgan fingerprint density at radius 2 is 2.13 bits per heavy atom. The van der Waals surface area contributed by atoms with Gasteiger partial charge in [-0.15, -0.1) is 0 Å². The number of hydrogen-bond acceptors (Lipinski definition) is 1. The lowest BCUT2D eigenvalue weighted by Gasteiger charge is -2.37. The lowest BCUT2D eigenvalue weighted by atomic mass is 9.78. The summed E-state index contributed by atoms with van der Waals surface area (Å²) in [5.74, 6) is 1.05. The second kappa shape index (κ2) is 3.80. The molecule has 86 valence electrons. The third-order valence-corrected chi connectivity index (χ3v) is 3.67. The van der Waals surface area contributed by atoms with Crippen LogP contribution in [0.1, 0.15) is 52.9 Å². The second-order valence-corrected chi connectivity index (χ2v) is 6.45. The maximum atomic E-state index is 11.9. The van der Waals surface area contributed by atoms with Crippen molar-refractivity contribution in [2.45, 2.75) is 58.9 Å². The topological polar surface area (TPSA) is 20.3 Å². The number of hydrogen-bond donors (Lipinski definition) is 0. The normalized spacial score (nSPS) is 31.9. The fourth-order valence-electron chi connectivity index (χ4n) is 3.26. The summed E-state index contributed by atoms with van der Waals surface area (Å²) < 4.78 is 0. The van der Waals surface area contributed by atoms with Gasteiger partial charge in [-0.25, -0.2) is 0 Å². The van der Waals surface area contributed by atoms with Gasteiger partial charge in [-0.2, -0.15) is 0 Å². The van der Waals surface area contributed by atoms with E-state index >= 15 is 0 Å². The molecule has 0 spiro atoms. The third-order valence-electron chi connectivity index (χ3n) is 3.67. The quantitative estimate of drug-likeness (QED) is 0.650. The first kappa shape index (κ1) is 11.0. The molecule has 0 saturated carbocycles. The zero-order valence-electron chi connectivity index (χ0n) is 10.3. The molecule has 1 amide bonds. The molecular weight excluding hydrogens is 186 g/mol. The number of carbonyl (C=O) groups is 1. The van der Waals surface area contributed by atoms with Gasteiger partial charge >= 0.3 is 0 Å². The highest BCUT2D eigenvalue weighted by Gasteiger charge is 2.37. The van der Waals surface area contributed by atoms with Crippen molar-refractivity contribution in [3.05, 3.63) is 0 Å². The van der Waals surface area contributed by atoms with Crippen molar-refractivity contribution < 1.29 is 4.79 Å². The minimum absolute atomic E-state index is 0.367. The van der Waals surface area contributed by atoms with E-state index < -0.39 is 0 Å². The molecule has 0 N–H and O–H groups in total. The smallest absolute Gasteiger partial charge is 0.223 e. The molecular formula is C13H23NO. The van der Waals surface area contributed by atoms with Crippen molar-refractivity contribution in [2.24, 2.45) is 11.3 Å². The molecule has 2 aliphatic heterocycles. The Labute approximate surface area is 93.0 Å². The van der Waals surface area contributed by atoms with E-state index in [0.717, 1.165) is 13.0 Å². The molecule has 15 heavy (non-hydrogen) atoms. The Morgan fingerprint density at radius 3 is 2.80 bits per heavy atom. The molecule has 0 aromatic heterocycles. The zero-order chi connectivity index (χ0) is 11.1. The van der Waals surface area contributed by atoms with E-state index in [1.807, 2.05) is 0 Å². The van der Waals surface area contributed by atoms with Crippen LogP contribution in [-0.4, -0.2) is 23.4 Å². The van der Waals surface area contributed by atoms with Crippen LogP contribution in [0.25, 0.3) is 0 Å². The van der Waals surface area contributed by atoms with Crippen molar-refractivity contribution in [3.63, 3.8) is 0 Å². The molecule has 2 saturated heterocycles. The number of piperidine rings is 1. The molecule has 2 rings (SSSR count). The van der Waals surface area contributed by atoms with Crippen LogP contribution in [0.4, 0.5) is 0 Å². The molecule has 2 aliphatic rings. The predicted octanol–water partition coefficient (Wildman–Crippen LogP) is 2.82. The van der Waals surface area contributed by atoms with Gasteiger partial charge in [0.05, 0.1) is 0 Å². The van der Waals surface area contributed by atoms with Gasteiger partial charge in [-0.1, -0.05) is 20.8 Å². The molecule has 2 heteroatoms. The fraction of sp³-hybridized carbons (Fsp3) is 0.923. The first-order chi connectivity index (χ1) is 6.96. The van der Waals surface area contributed by atoms with Crippen LogP contribution in [-0.2, 0) is 4.79 Å². The standard InChI is InChI=1S/C13H23NO/c1-13(2,3)9-10-7-11-5-4-6-14(11)12(15)8-10/h10-11H,4-9H2,1-3H3. The minimum atomic E-state index is 0.367. The van der Waals surface area contributed by atoms with E-state index in [1.54, 1.807) is 0 Å². The monoisotopic (exact) mass is 209 g/mol. The molecule has 0 aromatic rings. The Kier molecular flexibility index (Phi) is 2.78. The van der Waals surface area contributed by atoms with Crippen LogP contribution in [0.2, 0.25) is 0 Å². The number of fused-ring (bicyclic) bond motifs is 1. The summed E-state index contributed by atoms with van der Waals surface area (Å²) in [4.78, 5) is 14.0. The first-order valence-corrected chi connectivity index (χ1v) is 6.25. The molecule has 2 nitrogen and oxygen atoms in total. The van der Waals surface area contributed by atoms with E-state index in [0.29, 0.717) is 23.3 Å². The first-order valence-electron chi connectivity index (χ1n) is 6.25. The summed E-state index contributed by atoms with van der Waals surface area (Å²) in [6, 6.07) is 0.582. The van der Waals surface area contributed by atoms with E-state index in [-0.39, 0.29) is 0 Å². The molecule has 0 bridgehead atoms. The minimum Gasteiger partial charge on any atom is -0.340 e. The largest absolute Gasteiger partial charge is 0.340 e.